The van der Waals surface area contributed by atoms with E-state index in [9.17, 15) is 5.11 Å². The molecule has 0 spiro atoms. The van der Waals surface area contributed by atoms with Gasteiger partial charge >= 0.3 is 0 Å². The lowest BCUT2D eigenvalue weighted by Gasteiger charge is -2.17. The second-order valence-electron chi connectivity index (χ2n) is 5.79. The number of aliphatic hydroxyl groups excluding tert-OH is 1. The maximum atomic E-state index is 10.3. The Morgan fingerprint density at radius 1 is 1.19 bits per heavy atom. The summed E-state index contributed by atoms with van der Waals surface area (Å²) in [5, 5.41) is 13.7. The summed E-state index contributed by atoms with van der Waals surface area (Å²) in [4.78, 5) is 0. The molecule has 4 heteroatoms. The zero-order valence-electron chi connectivity index (χ0n) is 13.1. The van der Waals surface area contributed by atoms with Gasteiger partial charge in [0.15, 0.2) is 11.5 Å². The van der Waals surface area contributed by atoms with Gasteiger partial charge in [0.2, 0.25) is 6.79 Å². The second-order valence-corrected chi connectivity index (χ2v) is 5.79. The molecule has 2 unspecified atom stereocenters. The van der Waals surface area contributed by atoms with E-state index < -0.39 is 6.10 Å². The van der Waals surface area contributed by atoms with Crippen molar-refractivity contribution in [3.8, 4) is 11.5 Å². The summed E-state index contributed by atoms with van der Waals surface area (Å²) in [6.07, 6.45) is 5.78. The summed E-state index contributed by atoms with van der Waals surface area (Å²) < 4.78 is 10.6. The van der Waals surface area contributed by atoms with Crippen LogP contribution in [0.25, 0.3) is 0 Å². The molecule has 2 N–H and O–H groups in total. The number of hydrogen-bond acceptors (Lipinski definition) is 4. The van der Waals surface area contributed by atoms with Crippen LogP contribution in [0.2, 0.25) is 0 Å². The van der Waals surface area contributed by atoms with Crippen molar-refractivity contribution in [1.82, 2.24) is 5.32 Å². The Labute approximate surface area is 127 Å². The zero-order valence-corrected chi connectivity index (χ0v) is 13.1. The molecule has 1 aliphatic rings. The minimum absolute atomic E-state index is 0.266. The molecule has 2 atom stereocenters. The molecule has 2 rings (SSSR count). The molecule has 118 valence electrons. The van der Waals surface area contributed by atoms with Crippen molar-refractivity contribution >= 4 is 0 Å². The van der Waals surface area contributed by atoms with Gasteiger partial charge < -0.3 is 19.9 Å². The molecular formula is C17H27NO3. The van der Waals surface area contributed by atoms with E-state index in [0.29, 0.717) is 12.6 Å². The van der Waals surface area contributed by atoms with Gasteiger partial charge in [0, 0.05) is 12.6 Å². The van der Waals surface area contributed by atoms with Crippen LogP contribution in [0.4, 0.5) is 0 Å². The van der Waals surface area contributed by atoms with Crippen molar-refractivity contribution in [1.29, 1.82) is 0 Å². The van der Waals surface area contributed by atoms with Crippen LogP contribution in [-0.2, 0) is 0 Å². The number of rotatable bonds is 9. The lowest BCUT2D eigenvalue weighted by atomic mass is 10.1. The Hall–Kier alpha value is -1.26. The molecule has 1 heterocycles. The first kappa shape index (κ1) is 16.1. The van der Waals surface area contributed by atoms with Crippen LogP contribution < -0.4 is 14.8 Å². The number of unbranched alkanes of at least 4 members (excludes halogenated alkanes) is 3. The van der Waals surface area contributed by atoms with E-state index in [1.165, 1.54) is 25.7 Å². The van der Waals surface area contributed by atoms with Crippen LogP contribution in [0.15, 0.2) is 18.2 Å². The van der Waals surface area contributed by atoms with E-state index >= 15 is 0 Å². The third kappa shape index (κ3) is 4.90. The summed E-state index contributed by atoms with van der Waals surface area (Å²) >= 11 is 0. The molecule has 0 radical (unpaired) electrons. The van der Waals surface area contributed by atoms with Crippen molar-refractivity contribution < 1.29 is 14.6 Å². The van der Waals surface area contributed by atoms with Crippen molar-refractivity contribution in [2.45, 2.75) is 58.1 Å². The Balaban J connectivity index is 1.72. The molecule has 0 saturated carbocycles. The zero-order chi connectivity index (χ0) is 15.1. The molecule has 0 amide bonds. The highest BCUT2D eigenvalue weighted by molar-refractivity contribution is 5.45. The summed E-state index contributed by atoms with van der Waals surface area (Å²) in [6.45, 7) is 5.23. The maximum absolute atomic E-state index is 10.3. The Kier molecular flexibility index (Phi) is 6.33. The molecule has 0 saturated heterocycles. The van der Waals surface area contributed by atoms with Crippen LogP contribution in [-0.4, -0.2) is 24.5 Å². The monoisotopic (exact) mass is 293 g/mol. The van der Waals surface area contributed by atoms with Gasteiger partial charge in [-0.2, -0.15) is 0 Å². The van der Waals surface area contributed by atoms with Crippen LogP contribution in [0.5, 0.6) is 11.5 Å². The predicted octanol–water partition coefficient (Wildman–Crippen LogP) is 3.40. The number of benzene rings is 1. The quantitative estimate of drug-likeness (QED) is 0.685. The lowest BCUT2D eigenvalue weighted by molar-refractivity contribution is 0.167. The van der Waals surface area contributed by atoms with Gasteiger partial charge in [-0.25, -0.2) is 0 Å². The first-order chi connectivity index (χ1) is 10.2. The standard InChI is InChI=1S/C17H27NO3/c1-3-4-5-6-7-13(2)18-11-15(19)14-8-9-16-17(10-14)21-12-20-16/h8-10,13,15,18-19H,3-7,11-12H2,1-2H3. The van der Waals surface area contributed by atoms with Gasteiger partial charge in [0.05, 0.1) is 6.10 Å². The van der Waals surface area contributed by atoms with Gasteiger partial charge in [-0.15, -0.1) is 0 Å². The molecule has 0 aromatic heterocycles. The van der Waals surface area contributed by atoms with Gasteiger partial charge in [-0.3, -0.25) is 0 Å². The van der Waals surface area contributed by atoms with E-state index in [1.807, 2.05) is 18.2 Å². The van der Waals surface area contributed by atoms with Crippen molar-refractivity contribution in [3.63, 3.8) is 0 Å². The fourth-order valence-electron chi connectivity index (χ4n) is 2.53. The van der Waals surface area contributed by atoms with E-state index in [0.717, 1.165) is 23.5 Å². The number of hydrogen-bond donors (Lipinski definition) is 2. The summed E-state index contributed by atoms with van der Waals surface area (Å²) in [5.41, 5.74) is 0.866. The number of ether oxygens (including phenoxy) is 2. The number of aliphatic hydroxyl groups is 1. The topological polar surface area (TPSA) is 50.7 Å². The SMILES string of the molecule is CCCCCCC(C)NCC(O)c1ccc2c(c1)OCO2. The van der Waals surface area contributed by atoms with Crippen LogP contribution in [0.1, 0.15) is 57.6 Å². The third-order valence-corrected chi connectivity index (χ3v) is 3.93. The molecular weight excluding hydrogens is 266 g/mol. The van der Waals surface area contributed by atoms with E-state index in [1.54, 1.807) is 0 Å². The first-order valence-corrected chi connectivity index (χ1v) is 8.01. The summed E-state index contributed by atoms with van der Waals surface area (Å²) in [6, 6.07) is 6.05. The van der Waals surface area contributed by atoms with E-state index in [4.69, 9.17) is 9.47 Å². The molecule has 1 aliphatic heterocycles. The minimum atomic E-state index is -0.516. The molecule has 0 aliphatic carbocycles. The summed E-state index contributed by atoms with van der Waals surface area (Å²) in [5.74, 6) is 1.47. The van der Waals surface area contributed by atoms with Gasteiger partial charge in [-0.1, -0.05) is 38.7 Å². The van der Waals surface area contributed by atoms with E-state index in [2.05, 4.69) is 19.2 Å². The highest BCUT2D eigenvalue weighted by Gasteiger charge is 2.16. The highest BCUT2D eigenvalue weighted by atomic mass is 16.7. The minimum Gasteiger partial charge on any atom is -0.454 e. The van der Waals surface area contributed by atoms with Gasteiger partial charge in [0.1, 0.15) is 0 Å². The molecule has 0 bridgehead atoms. The Morgan fingerprint density at radius 3 is 2.81 bits per heavy atom. The Bertz CT molecular complexity index is 436. The average molecular weight is 293 g/mol. The van der Waals surface area contributed by atoms with Crippen molar-refractivity contribution in [2.24, 2.45) is 0 Å². The fraction of sp³-hybridized carbons (Fsp3) is 0.647. The van der Waals surface area contributed by atoms with Crippen LogP contribution >= 0.6 is 0 Å². The van der Waals surface area contributed by atoms with Crippen LogP contribution in [0.3, 0.4) is 0 Å². The van der Waals surface area contributed by atoms with Crippen LogP contribution in [0, 0.1) is 0 Å². The molecule has 1 aromatic carbocycles. The largest absolute Gasteiger partial charge is 0.454 e. The molecule has 0 fully saturated rings. The average Bonchev–Trinajstić information content (AvgIpc) is 2.96. The Morgan fingerprint density at radius 2 is 2.00 bits per heavy atom. The molecule has 21 heavy (non-hydrogen) atoms. The smallest absolute Gasteiger partial charge is 0.231 e. The van der Waals surface area contributed by atoms with Gasteiger partial charge in [0.25, 0.3) is 0 Å². The number of nitrogens with one attached hydrogen (secondary N) is 1. The third-order valence-electron chi connectivity index (χ3n) is 3.93. The van der Waals surface area contributed by atoms with Gasteiger partial charge in [-0.05, 0) is 31.0 Å². The summed E-state index contributed by atoms with van der Waals surface area (Å²) in [7, 11) is 0. The molecule has 1 aromatic rings. The highest BCUT2D eigenvalue weighted by Crippen LogP contribution is 2.34. The normalized spacial score (nSPS) is 16.0. The second kappa shape index (κ2) is 8.25. The van der Waals surface area contributed by atoms with Crippen molar-refractivity contribution in [2.75, 3.05) is 13.3 Å². The fourth-order valence-corrected chi connectivity index (χ4v) is 2.53. The number of fused-ring (bicyclic) bond motifs is 1. The van der Waals surface area contributed by atoms with E-state index in [-0.39, 0.29) is 6.79 Å². The predicted molar refractivity (Wildman–Crippen MR) is 83.7 cm³/mol. The van der Waals surface area contributed by atoms with Crippen molar-refractivity contribution in [3.05, 3.63) is 23.8 Å². The lowest BCUT2D eigenvalue weighted by Crippen LogP contribution is -2.30. The molecule has 4 nitrogen and oxygen atoms in total. The maximum Gasteiger partial charge on any atom is 0.231 e. The first-order valence-electron chi connectivity index (χ1n) is 8.01.